The van der Waals surface area contributed by atoms with E-state index < -0.39 is 0 Å². The van der Waals surface area contributed by atoms with Gasteiger partial charge in [-0.2, -0.15) is 5.10 Å². The molecule has 0 aliphatic carbocycles. The number of carbonyl (C=O) groups is 1. The van der Waals surface area contributed by atoms with Crippen LogP contribution < -0.4 is 0 Å². The molecule has 3 rings (SSSR count). The Bertz CT molecular complexity index is 690. The van der Waals surface area contributed by atoms with Crippen LogP contribution >= 0.6 is 0 Å². The van der Waals surface area contributed by atoms with Crippen molar-refractivity contribution in [1.29, 1.82) is 0 Å². The predicted molar refractivity (Wildman–Crippen MR) is 61.6 cm³/mol. The fourth-order valence-electron chi connectivity index (χ4n) is 1.79. The molecule has 0 saturated heterocycles. The lowest BCUT2D eigenvalue weighted by Gasteiger charge is -2.04. The van der Waals surface area contributed by atoms with Gasteiger partial charge in [0.1, 0.15) is 6.33 Å². The Labute approximate surface area is 96.8 Å². The molecule has 0 aliphatic rings. The molecule has 0 atom stereocenters. The fourth-order valence-corrected chi connectivity index (χ4v) is 1.79. The van der Waals surface area contributed by atoms with Crippen molar-refractivity contribution < 1.29 is 4.79 Å². The average Bonchev–Trinajstić information content (AvgIpc) is 2.86. The van der Waals surface area contributed by atoms with Gasteiger partial charge >= 0.3 is 0 Å². The van der Waals surface area contributed by atoms with Gasteiger partial charge in [0.25, 0.3) is 0 Å². The van der Waals surface area contributed by atoms with Crippen LogP contribution in [0, 0.1) is 0 Å². The van der Waals surface area contributed by atoms with E-state index in [0.29, 0.717) is 5.56 Å². The van der Waals surface area contributed by atoms with Gasteiger partial charge in [0.2, 0.25) is 0 Å². The minimum atomic E-state index is 0.522. The van der Waals surface area contributed by atoms with Crippen molar-refractivity contribution >= 4 is 11.8 Å². The fraction of sp³-hybridized carbons (Fsp3) is 0. The molecule has 3 aromatic heterocycles. The van der Waals surface area contributed by atoms with E-state index >= 15 is 0 Å². The largest absolute Gasteiger partial charge is 0.298 e. The third kappa shape index (κ3) is 1.48. The molecule has 3 heterocycles. The highest BCUT2D eigenvalue weighted by Gasteiger charge is 2.10. The summed E-state index contributed by atoms with van der Waals surface area (Å²) < 4.78 is 1.72. The maximum Gasteiger partial charge on any atom is 0.152 e. The molecule has 82 valence electrons. The van der Waals surface area contributed by atoms with Crippen molar-refractivity contribution in [2.75, 3.05) is 0 Å². The van der Waals surface area contributed by atoms with Crippen LogP contribution in [-0.4, -0.2) is 25.9 Å². The second-order valence-corrected chi connectivity index (χ2v) is 3.53. The van der Waals surface area contributed by atoms with Crippen molar-refractivity contribution in [1.82, 2.24) is 19.6 Å². The number of aldehydes is 1. The van der Waals surface area contributed by atoms with Crippen LogP contribution in [0.4, 0.5) is 0 Å². The summed E-state index contributed by atoms with van der Waals surface area (Å²) in [7, 11) is 0. The second kappa shape index (κ2) is 3.79. The summed E-state index contributed by atoms with van der Waals surface area (Å²) in [6, 6.07) is 5.57. The highest BCUT2D eigenvalue weighted by Crippen LogP contribution is 2.23. The maximum absolute atomic E-state index is 11.0. The molecule has 0 bridgehead atoms. The van der Waals surface area contributed by atoms with Gasteiger partial charge in [-0.25, -0.2) is 9.50 Å². The predicted octanol–water partition coefficient (Wildman–Crippen LogP) is 1.60. The first-order valence-corrected chi connectivity index (χ1v) is 5.08. The van der Waals surface area contributed by atoms with Crippen LogP contribution in [0.2, 0.25) is 0 Å². The van der Waals surface area contributed by atoms with Crippen molar-refractivity contribution in [3.63, 3.8) is 0 Å². The Morgan fingerprint density at radius 3 is 3.12 bits per heavy atom. The highest BCUT2D eigenvalue weighted by atomic mass is 16.1. The minimum Gasteiger partial charge on any atom is -0.298 e. The van der Waals surface area contributed by atoms with Gasteiger partial charge in [-0.1, -0.05) is 0 Å². The summed E-state index contributed by atoms with van der Waals surface area (Å²) in [5.41, 5.74) is 2.88. The number of carbonyl (C=O) groups excluding carboxylic acids is 1. The van der Waals surface area contributed by atoms with Gasteiger partial charge in [-0.05, 0) is 18.2 Å². The van der Waals surface area contributed by atoms with Crippen molar-refractivity contribution in [3.8, 4) is 11.3 Å². The van der Waals surface area contributed by atoms with Gasteiger partial charge in [-0.15, -0.1) is 0 Å². The Morgan fingerprint density at radius 1 is 1.29 bits per heavy atom. The topological polar surface area (TPSA) is 60.2 Å². The maximum atomic E-state index is 11.0. The van der Waals surface area contributed by atoms with Gasteiger partial charge < -0.3 is 0 Å². The van der Waals surface area contributed by atoms with E-state index in [1.165, 1.54) is 12.5 Å². The zero-order chi connectivity index (χ0) is 11.7. The average molecular weight is 224 g/mol. The number of nitrogens with zero attached hydrogens (tertiary/aromatic N) is 4. The lowest BCUT2D eigenvalue weighted by Crippen LogP contribution is -1.97. The molecule has 17 heavy (non-hydrogen) atoms. The molecule has 5 heteroatoms. The Hall–Kier alpha value is -2.56. The van der Waals surface area contributed by atoms with E-state index in [2.05, 4.69) is 15.1 Å². The van der Waals surface area contributed by atoms with E-state index in [1.807, 2.05) is 18.3 Å². The van der Waals surface area contributed by atoms with Crippen LogP contribution in [0.15, 0.2) is 43.1 Å². The van der Waals surface area contributed by atoms with Crippen molar-refractivity contribution in [2.45, 2.75) is 0 Å². The molecular weight excluding hydrogens is 216 g/mol. The Morgan fingerprint density at radius 2 is 2.24 bits per heavy atom. The lowest BCUT2D eigenvalue weighted by molar-refractivity contribution is 0.112. The van der Waals surface area contributed by atoms with Gasteiger partial charge in [-0.3, -0.25) is 9.78 Å². The highest BCUT2D eigenvalue weighted by molar-refractivity contribution is 5.90. The van der Waals surface area contributed by atoms with Crippen LogP contribution in [-0.2, 0) is 0 Å². The van der Waals surface area contributed by atoms with Gasteiger partial charge in [0.05, 0.1) is 11.2 Å². The number of fused-ring (bicyclic) bond motifs is 1. The first kappa shape index (κ1) is 9.65. The standard InChI is InChI=1S/C12H8N4O/c17-7-9-6-13-4-3-10(9)12-11-2-1-5-16(11)15-8-14-12/h1-8H. The monoisotopic (exact) mass is 224 g/mol. The molecule has 5 nitrogen and oxygen atoms in total. The van der Waals surface area contributed by atoms with E-state index in [1.54, 1.807) is 16.8 Å². The van der Waals surface area contributed by atoms with E-state index in [9.17, 15) is 4.79 Å². The molecular formula is C12H8N4O. The van der Waals surface area contributed by atoms with Crippen LogP contribution in [0.5, 0.6) is 0 Å². The van der Waals surface area contributed by atoms with E-state index in [4.69, 9.17) is 0 Å². The van der Waals surface area contributed by atoms with Crippen molar-refractivity contribution in [3.05, 3.63) is 48.7 Å². The molecule has 0 unspecified atom stereocenters. The smallest absolute Gasteiger partial charge is 0.152 e. The van der Waals surface area contributed by atoms with Crippen molar-refractivity contribution in [2.24, 2.45) is 0 Å². The molecule has 0 fully saturated rings. The van der Waals surface area contributed by atoms with Gasteiger partial charge in [0.15, 0.2) is 6.29 Å². The molecule has 3 aromatic rings. The summed E-state index contributed by atoms with van der Waals surface area (Å²) in [6.45, 7) is 0. The molecule has 0 spiro atoms. The van der Waals surface area contributed by atoms with Gasteiger partial charge in [0, 0.05) is 29.7 Å². The molecule has 0 N–H and O–H groups in total. The molecule has 0 aromatic carbocycles. The third-order valence-corrected chi connectivity index (χ3v) is 2.57. The molecule has 0 saturated carbocycles. The zero-order valence-corrected chi connectivity index (χ0v) is 8.82. The Kier molecular flexibility index (Phi) is 2.15. The number of hydrogen-bond acceptors (Lipinski definition) is 4. The van der Waals surface area contributed by atoms with Crippen LogP contribution in [0.1, 0.15) is 10.4 Å². The summed E-state index contributed by atoms with van der Waals surface area (Å²) in [6.07, 6.45) is 7.26. The number of hydrogen-bond donors (Lipinski definition) is 0. The quantitative estimate of drug-likeness (QED) is 0.620. The number of rotatable bonds is 2. The normalized spacial score (nSPS) is 10.6. The molecule has 0 aliphatic heterocycles. The summed E-state index contributed by atoms with van der Waals surface area (Å²) in [4.78, 5) is 19.2. The number of pyridine rings is 1. The third-order valence-electron chi connectivity index (χ3n) is 2.57. The van der Waals surface area contributed by atoms with Crippen LogP contribution in [0.3, 0.4) is 0 Å². The van der Waals surface area contributed by atoms with Crippen LogP contribution in [0.25, 0.3) is 16.8 Å². The Balaban J connectivity index is 2.34. The number of aromatic nitrogens is 4. The zero-order valence-electron chi connectivity index (χ0n) is 8.82. The molecule has 0 radical (unpaired) electrons. The first-order chi connectivity index (χ1) is 8.40. The summed E-state index contributed by atoms with van der Waals surface area (Å²) >= 11 is 0. The van der Waals surface area contributed by atoms with E-state index in [0.717, 1.165) is 23.1 Å². The second-order valence-electron chi connectivity index (χ2n) is 3.53. The SMILES string of the molecule is O=Cc1cnccc1-c1ncnn2cccc12. The summed E-state index contributed by atoms with van der Waals surface area (Å²) in [5.74, 6) is 0. The lowest BCUT2D eigenvalue weighted by atomic mass is 10.1. The minimum absolute atomic E-state index is 0.522. The molecule has 0 amide bonds. The van der Waals surface area contributed by atoms with E-state index in [-0.39, 0.29) is 0 Å². The summed E-state index contributed by atoms with van der Waals surface area (Å²) in [5, 5.41) is 4.08. The first-order valence-electron chi connectivity index (χ1n) is 5.08.